The zero-order chi connectivity index (χ0) is 16.4. The number of amides is 1. The summed E-state index contributed by atoms with van der Waals surface area (Å²) in [4.78, 5) is 18.4. The van der Waals surface area contributed by atoms with Gasteiger partial charge in [-0.15, -0.1) is 0 Å². The second-order valence-electron chi connectivity index (χ2n) is 5.60. The van der Waals surface area contributed by atoms with Crippen LogP contribution in [0.5, 0.6) is 0 Å². The van der Waals surface area contributed by atoms with Gasteiger partial charge in [0.1, 0.15) is 5.84 Å². The molecule has 23 heavy (non-hydrogen) atoms. The smallest absolute Gasteiger partial charge is 0.263 e. The van der Waals surface area contributed by atoms with Gasteiger partial charge in [-0.2, -0.15) is 0 Å². The highest BCUT2D eigenvalue weighted by atomic mass is 32.2. The summed E-state index contributed by atoms with van der Waals surface area (Å²) >= 11 is 0. The molecule has 0 aliphatic carbocycles. The SMILES string of the molecule is C[C@@H]1CN(C(=O)CCN=C2NS(=O)(=O)c3ccccc32)CCO1. The number of nitrogens with one attached hydrogen (secondary N) is 1. The number of hydrogen-bond donors (Lipinski definition) is 1. The molecule has 0 bridgehead atoms. The van der Waals surface area contributed by atoms with Gasteiger partial charge in [-0.1, -0.05) is 12.1 Å². The third-order valence-electron chi connectivity index (χ3n) is 3.85. The van der Waals surface area contributed by atoms with E-state index in [2.05, 4.69) is 9.71 Å². The minimum absolute atomic E-state index is 0.0126. The van der Waals surface area contributed by atoms with Crippen LogP contribution < -0.4 is 4.72 Å². The Labute approximate surface area is 135 Å². The van der Waals surface area contributed by atoms with Gasteiger partial charge in [-0.3, -0.25) is 14.5 Å². The molecule has 1 fully saturated rings. The minimum Gasteiger partial charge on any atom is -0.375 e. The second-order valence-corrected chi connectivity index (χ2v) is 7.25. The molecule has 1 atom stereocenters. The first-order valence-electron chi connectivity index (χ1n) is 7.53. The summed E-state index contributed by atoms with van der Waals surface area (Å²) in [6.07, 6.45) is 0.299. The van der Waals surface area contributed by atoms with E-state index in [0.29, 0.717) is 31.1 Å². The summed E-state index contributed by atoms with van der Waals surface area (Å²) in [5.41, 5.74) is 0.556. The number of hydrogen-bond acceptors (Lipinski definition) is 5. The normalized spacial score (nSPS) is 24.3. The van der Waals surface area contributed by atoms with Crippen molar-refractivity contribution in [1.82, 2.24) is 9.62 Å². The quantitative estimate of drug-likeness (QED) is 0.863. The average Bonchev–Trinajstić information content (AvgIpc) is 2.79. The Morgan fingerprint density at radius 3 is 3.00 bits per heavy atom. The number of ether oxygens (including phenoxy) is 1. The lowest BCUT2D eigenvalue weighted by molar-refractivity contribution is -0.137. The topological polar surface area (TPSA) is 88.1 Å². The minimum atomic E-state index is -3.53. The monoisotopic (exact) mass is 337 g/mol. The van der Waals surface area contributed by atoms with E-state index in [0.717, 1.165) is 0 Å². The molecule has 0 radical (unpaired) electrons. The van der Waals surface area contributed by atoms with E-state index in [4.69, 9.17) is 4.74 Å². The van der Waals surface area contributed by atoms with E-state index in [1.54, 1.807) is 29.2 Å². The first-order valence-corrected chi connectivity index (χ1v) is 9.02. The molecule has 2 aliphatic rings. The number of benzene rings is 1. The Balaban J connectivity index is 1.64. The molecule has 1 aromatic carbocycles. The number of fused-ring (bicyclic) bond motifs is 1. The summed E-state index contributed by atoms with van der Waals surface area (Å²) in [5.74, 6) is 0.322. The van der Waals surface area contributed by atoms with Crippen molar-refractivity contribution in [3.05, 3.63) is 29.8 Å². The molecule has 2 heterocycles. The summed E-state index contributed by atoms with van der Waals surface area (Å²) < 4.78 is 31.8. The number of nitrogens with zero attached hydrogens (tertiary/aromatic N) is 2. The average molecular weight is 337 g/mol. The predicted octanol–water partition coefficient (Wildman–Crippen LogP) is 0.363. The van der Waals surface area contributed by atoms with E-state index < -0.39 is 10.0 Å². The van der Waals surface area contributed by atoms with Crippen LogP contribution in [0.4, 0.5) is 0 Å². The highest BCUT2D eigenvalue weighted by Gasteiger charge is 2.30. The van der Waals surface area contributed by atoms with Gasteiger partial charge in [-0.25, -0.2) is 8.42 Å². The van der Waals surface area contributed by atoms with Gasteiger partial charge in [0.15, 0.2) is 0 Å². The van der Waals surface area contributed by atoms with Crippen molar-refractivity contribution < 1.29 is 17.9 Å². The van der Waals surface area contributed by atoms with Crippen LogP contribution >= 0.6 is 0 Å². The number of carbonyl (C=O) groups is 1. The summed E-state index contributed by atoms with van der Waals surface area (Å²) in [6.45, 7) is 3.91. The van der Waals surface area contributed by atoms with Crippen LogP contribution in [-0.4, -0.2) is 57.4 Å². The van der Waals surface area contributed by atoms with Gasteiger partial charge in [0.05, 0.1) is 24.2 Å². The van der Waals surface area contributed by atoms with Crippen molar-refractivity contribution in [2.24, 2.45) is 4.99 Å². The molecule has 124 valence electrons. The van der Waals surface area contributed by atoms with Crippen LogP contribution in [0.15, 0.2) is 34.2 Å². The fraction of sp³-hybridized carbons (Fsp3) is 0.467. The molecule has 1 N–H and O–H groups in total. The molecule has 2 aliphatic heterocycles. The van der Waals surface area contributed by atoms with Gasteiger partial charge in [0, 0.05) is 25.1 Å². The van der Waals surface area contributed by atoms with Gasteiger partial charge in [0.2, 0.25) is 5.91 Å². The van der Waals surface area contributed by atoms with Gasteiger partial charge >= 0.3 is 0 Å². The number of morpholine rings is 1. The van der Waals surface area contributed by atoms with Gasteiger partial charge in [-0.05, 0) is 19.1 Å². The summed E-state index contributed by atoms with van der Waals surface area (Å²) in [5, 5.41) is 0. The van der Waals surface area contributed by atoms with Crippen LogP contribution in [0.2, 0.25) is 0 Å². The first kappa shape index (κ1) is 15.9. The van der Waals surface area contributed by atoms with Crippen molar-refractivity contribution in [3.63, 3.8) is 0 Å². The maximum Gasteiger partial charge on any atom is 0.263 e. The van der Waals surface area contributed by atoms with Crippen LogP contribution in [0.3, 0.4) is 0 Å². The Bertz CT molecular complexity index is 745. The first-order chi connectivity index (χ1) is 11.0. The van der Waals surface area contributed by atoms with E-state index in [-0.39, 0.29) is 29.9 Å². The molecule has 0 unspecified atom stereocenters. The zero-order valence-corrected chi connectivity index (χ0v) is 13.7. The van der Waals surface area contributed by atoms with E-state index in [1.807, 2.05) is 6.92 Å². The zero-order valence-electron chi connectivity index (χ0n) is 12.9. The van der Waals surface area contributed by atoms with Crippen molar-refractivity contribution in [2.75, 3.05) is 26.2 Å². The lowest BCUT2D eigenvalue weighted by Crippen LogP contribution is -2.44. The Kier molecular flexibility index (Phi) is 4.36. The number of carbonyl (C=O) groups excluding carboxylic acids is 1. The second kappa shape index (κ2) is 6.29. The molecular weight excluding hydrogens is 318 g/mol. The van der Waals surface area contributed by atoms with Crippen LogP contribution in [0.25, 0.3) is 0 Å². The fourth-order valence-corrected chi connectivity index (χ4v) is 3.97. The standard InChI is InChI=1S/C15H19N3O4S/c1-11-10-18(8-9-22-11)14(19)6-7-16-15-12-4-2-3-5-13(12)23(20,21)17-15/h2-5,11H,6-10H2,1H3,(H,16,17)/t11-/m1/s1. The van der Waals surface area contributed by atoms with Crippen molar-refractivity contribution in [1.29, 1.82) is 0 Å². The molecule has 1 amide bonds. The highest BCUT2D eigenvalue weighted by molar-refractivity contribution is 7.90. The predicted molar refractivity (Wildman–Crippen MR) is 84.8 cm³/mol. The maximum absolute atomic E-state index is 12.2. The van der Waals surface area contributed by atoms with Crippen LogP contribution in [0, 0.1) is 0 Å². The molecule has 7 nitrogen and oxygen atoms in total. The lowest BCUT2D eigenvalue weighted by Gasteiger charge is -2.31. The van der Waals surface area contributed by atoms with E-state index >= 15 is 0 Å². The molecular formula is C15H19N3O4S. The third-order valence-corrected chi connectivity index (χ3v) is 5.25. The Hall–Kier alpha value is -1.93. The molecule has 1 saturated heterocycles. The van der Waals surface area contributed by atoms with Crippen LogP contribution in [0.1, 0.15) is 18.9 Å². The molecule has 1 aromatic rings. The molecule has 0 spiro atoms. The number of amidine groups is 1. The molecule has 8 heteroatoms. The van der Waals surface area contributed by atoms with Crippen molar-refractivity contribution in [3.8, 4) is 0 Å². The van der Waals surface area contributed by atoms with Crippen molar-refractivity contribution >= 4 is 21.8 Å². The third kappa shape index (κ3) is 3.37. The molecule has 3 rings (SSSR count). The van der Waals surface area contributed by atoms with Gasteiger partial charge in [0.25, 0.3) is 10.0 Å². The lowest BCUT2D eigenvalue weighted by atomic mass is 10.2. The summed E-state index contributed by atoms with van der Waals surface area (Å²) in [7, 11) is -3.53. The Morgan fingerprint density at radius 2 is 2.22 bits per heavy atom. The number of sulfonamides is 1. The van der Waals surface area contributed by atoms with Gasteiger partial charge < -0.3 is 9.64 Å². The molecule has 0 aromatic heterocycles. The number of aliphatic imine (C=N–C) groups is 1. The van der Waals surface area contributed by atoms with Crippen LogP contribution in [-0.2, 0) is 19.6 Å². The van der Waals surface area contributed by atoms with E-state index in [9.17, 15) is 13.2 Å². The van der Waals surface area contributed by atoms with Crippen molar-refractivity contribution in [2.45, 2.75) is 24.3 Å². The largest absolute Gasteiger partial charge is 0.375 e. The highest BCUT2D eigenvalue weighted by Crippen LogP contribution is 2.22. The van der Waals surface area contributed by atoms with E-state index in [1.165, 1.54) is 0 Å². The molecule has 0 saturated carbocycles. The summed E-state index contributed by atoms with van der Waals surface area (Å²) in [6, 6.07) is 6.68. The Morgan fingerprint density at radius 1 is 1.43 bits per heavy atom. The maximum atomic E-state index is 12.2. The fourth-order valence-electron chi connectivity index (χ4n) is 2.72. The number of rotatable bonds is 3.